The van der Waals surface area contributed by atoms with Crippen molar-refractivity contribution in [2.45, 2.75) is 7.43 Å². The number of amides is 1. The first-order valence-electron chi connectivity index (χ1n) is 3.22. The van der Waals surface area contributed by atoms with Crippen molar-refractivity contribution in [1.82, 2.24) is 5.32 Å². The minimum atomic E-state index is -0.157. The summed E-state index contributed by atoms with van der Waals surface area (Å²) in [7, 11) is 1.58. The molecule has 1 aromatic rings. The van der Waals surface area contributed by atoms with Crippen molar-refractivity contribution < 1.29 is 4.79 Å². The standard InChI is InChI=1S/C8H8ClNO.CH4/c1-10-8(11)6-4-2-3-5-7(6)9;/h2-5H,1H3,(H,10,11);1H4. The molecule has 0 saturated heterocycles. The third kappa shape index (κ3) is 2.24. The van der Waals surface area contributed by atoms with Crippen molar-refractivity contribution in [2.24, 2.45) is 0 Å². The third-order valence-electron chi connectivity index (χ3n) is 1.35. The molecule has 0 heterocycles. The molecule has 2 nitrogen and oxygen atoms in total. The Labute approximate surface area is 77.5 Å². The fraction of sp³-hybridized carbons (Fsp3) is 0.222. The maximum atomic E-state index is 11.0. The zero-order valence-electron chi connectivity index (χ0n) is 6.10. The van der Waals surface area contributed by atoms with E-state index in [1.54, 1.807) is 31.3 Å². The highest BCUT2D eigenvalue weighted by Gasteiger charge is 2.05. The molecule has 1 aromatic carbocycles. The number of hydrogen-bond donors (Lipinski definition) is 1. The number of hydrogen-bond acceptors (Lipinski definition) is 1. The molecule has 0 aliphatic rings. The van der Waals surface area contributed by atoms with Crippen LogP contribution in [-0.4, -0.2) is 13.0 Å². The predicted octanol–water partition coefficient (Wildman–Crippen LogP) is 2.34. The maximum absolute atomic E-state index is 11.0. The van der Waals surface area contributed by atoms with E-state index in [0.29, 0.717) is 10.6 Å². The Morgan fingerprint density at radius 2 is 2.00 bits per heavy atom. The van der Waals surface area contributed by atoms with Crippen LogP contribution in [0.25, 0.3) is 0 Å². The summed E-state index contributed by atoms with van der Waals surface area (Å²) in [4.78, 5) is 11.0. The summed E-state index contributed by atoms with van der Waals surface area (Å²) in [6.45, 7) is 0. The van der Waals surface area contributed by atoms with Gasteiger partial charge in [-0.3, -0.25) is 4.79 Å². The molecule has 0 spiro atoms. The minimum absolute atomic E-state index is 0. The topological polar surface area (TPSA) is 29.1 Å². The molecule has 0 saturated carbocycles. The molecule has 0 radical (unpaired) electrons. The van der Waals surface area contributed by atoms with Crippen LogP contribution in [0, 0.1) is 0 Å². The van der Waals surface area contributed by atoms with Crippen LogP contribution in [-0.2, 0) is 0 Å². The Hall–Kier alpha value is -1.02. The van der Waals surface area contributed by atoms with Gasteiger partial charge in [-0.15, -0.1) is 0 Å². The van der Waals surface area contributed by atoms with Gasteiger partial charge in [0.05, 0.1) is 10.6 Å². The highest BCUT2D eigenvalue weighted by atomic mass is 35.5. The van der Waals surface area contributed by atoms with Crippen LogP contribution in [0.15, 0.2) is 24.3 Å². The van der Waals surface area contributed by atoms with Crippen LogP contribution < -0.4 is 5.32 Å². The van der Waals surface area contributed by atoms with Crippen LogP contribution in [0.1, 0.15) is 17.8 Å². The van der Waals surface area contributed by atoms with Crippen LogP contribution >= 0.6 is 11.6 Å². The fourth-order valence-corrected chi connectivity index (χ4v) is 1.00. The molecule has 3 heteroatoms. The molecule has 0 fully saturated rings. The van der Waals surface area contributed by atoms with Crippen molar-refractivity contribution in [3.05, 3.63) is 34.9 Å². The lowest BCUT2D eigenvalue weighted by Gasteiger charge is -2.00. The monoisotopic (exact) mass is 185 g/mol. The summed E-state index contributed by atoms with van der Waals surface area (Å²) in [6.07, 6.45) is 0. The number of nitrogens with one attached hydrogen (secondary N) is 1. The van der Waals surface area contributed by atoms with Gasteiger partial charge in [0.25, 0.3) is 5.91 Å². The summed E-state index contributed by atoms with van der Waals surface area (Å²) in [5, 5.41) is 2.98. The van der Waals surface area contributed by atoms with Gasteiger partial charge >= 0.3 is 0 Å². The Kier molecular flexibility index (Phi) is 4.37. The highest BCUT2D eigenvalue weighted by Crippen LogP contribution is 2.13. The molecular formula is C9H12ClNO. The van der Waals surface area contributed by atoms with E-state index in [0.717, 1.165) is 0 Å². The molecular weight excluding hydrogens is 174 g/mol. The Balaban J connectivity index is 0.00000121. The van der Waals surface area contributed by atoms with Gasteiger partial charge in [0.15, 0.2) is 0 Å². The molecule has 0 atom stereocenters. The van der Waals surface area contributed by atoms with E-state index >= 15 is 0 Å². The van der Waals surface area contributed by atoms with E-state index in [2.05, 4.69) is 5.32 Å². The summed E-state index contributed by atoms with van der Waals surface area (Å²) in [5.74, 6) is -0.157. The molecule has 0 aliphatic heterocycles. The van der Waals surface area contributed by atoms with Gasteiger partial charge in [0, 0.05) is 7.05 Å². The zero-order valence-corrected chi connectivity index (χ0v) is 6.85. The Morgan fingerprint density at radius 1 is 1.42 bits per heavy atom. The largest absolute Gasteiger partial charge is 0.355 e. The normalized spacial score (nSPS) is 8.50. The van der Waals surface area contributed by atoms with Crippen molar-refractivity contribution in [2.75, 3.05) is 7.05 Å². The molecule has 0 aliphatic carbocycles. The molecule has 1 rings (SSSR count). The summed E-state index contributed by atoms with van der Waals surface area (Å²) >= 11 is 5.74. The van der Waals surface area contributed by atoms with Crippen molar-refractivity contribution in [3.8, 4) is 0 Å². The molecule has 0 aromatic heterocycles. The van der Waals surface area contributed by atoms with Gasteiger partial charge in [-0.05, 0) is 12.1 Å². The first-order valence-corrected chi connectivity index (χ1v) is 3.60. The Bertz CT molecular complexity index is 273. The zero-order chi connectivity index (χ0) is 8.27. The van der Waals surface area contributed by atoms with Gasteiger partial charge in [-0.1, -0.05) is 31.2 Å². The van der Waals surface area contributed by atoms with Crippen LogP contribution in [0.2, 0.25) is 5.02 Å². The quantitative estimate of drug-likeness (QED) is 0.715. The average Bonchev–Trinajstić information content (AvgIpc) is 2.04. The minimum Gasteiger partial charge on any atom is -0.355 e. The number of rotatable bonds is 1. The van der Waals surface area contributed by atoms with Gasteiger partial charge in [0.2, 0.25) is 0 Å². The number of carbonyl (C=O) groups excluding carboxylic acids is 1. The molecule has 0 bridgehead atoms. The fourth-order valence-electron chi connectivity index (χ4n) is 0.780. The van der Waals surface area contributed by atoms with Gasteiger partial charge < -0.3 is 5.32 Å². The molecule has 1 amide bonds. The lowest BCUT2D eigenvalue weighted by atomic mass is 10.2. The second-order valence-electron chi connectivity index (χ2n) is 2.06. The van der Waals surface area contributed by atoms with Gasteiger partial charge in [-0.25, -0.2) is 0 Å². The molecule has 12 heavy (non-hydrogen) atoms. The van der Waals surface area contributed by atoms with Crippen molar-refractivity contribution in [3.63, 3.8) is 0 Å². The molecule has 66 valence electrons. The summed E-state index contributed by atoms with van der Waals surface area (Å²) < 4.78 is 0. The second kappa shape index (κ2) is 4.78. The average molecular weight is 186 g/mol. The highest BCUT2D eigenvalue weighted by molar-refractivity contribution is 6.33. The lowest BCUT2D eigenvalue weighted by molar-refractivity contribution is 0.0963. The van der Waals surface area contributed by atoms with Gasteiger partial charge in [0.1, 0.15) is 0 Å². The van der Waals surface area contributed by atoms with E-state index in [9.17, 15) is 4.79 Å². The van der Waals surface area contributed by atoms with E-state index in [1.807, 2.05) is 0 Å². The van der Waals surface area contributed by atoms with Crippen LogP contribution in [0.5, 0.6) is 0 Å². The van der Waals surface area contributed by atoms with E-state index in [1.165, 1.54) is 0 Å². The van der Waals surface area contributed by atoms with E-state index in [-0.39, 0.29) is 13.3 Å². The van der Waals surface area contributed by atoms with Crippen LogP contribution in [0.4, 0.5) is 0 Å². The molecule has 1 N–H and O–H groups in total. The van der Waals surface area contributed by atoms with E-state index in [4.69, 9.17) is 11.6 Å². The summed E-state index contributed by atoms with van der Waals surface area (Å²) in [6, 6.07) is 6.93. The third-order valence-corrected chi connectivity index (χ3v) is 1.68. The lowest BCUT2D eigenvalue weighted by Crippen LogP contribution is -2.17. The first kappa shape index (κ1) is 11.0. The van der Waals surface area contributed by atoms with Crippen LogP contribution in [0.3, 0.4) is 0 Å². The van der Waals surface area contributed by atoms with Crippen molar-refractivity contribution >= 4 is 17.5 Å². The van der Waals surface area contributed by atoms with Gasteiger partial charge in [-0.2, -0.15) is 0 Å². The summed E-state index contributed by atoms with van der Waals surface area (Å²) in [5.41, 5.74) is 0.511. The smallest absolute Gasteiger partial charge is 0.252 e. The second-order valence-corrected chi connectivity index (χ2v) is 2.47. The number of halogens is 1. The number of benzene rings is 1. The SMILES string of the molecule is C.CNC(=O)c1ccccc1Cl. The predicted molar refractivity (Wildman–Crippen MR) is 51.6 cm³/mol. The number of carbonyl (C=O) groups is 1. The Morgan fingerprint density at radius 3 is 2.50 bits per heavy atom. The molecule has 0 unspecified atom stereocenters. The maximum Gasteiger partial charge on any atom is 0.252 e. The van der Waals surface area contributed by atoms with E-state index < -0.39 is 0 Å². The first-order chi connectivity index (χ1) is 5.25. The van der Waals surface area contributed by atoms with Crippen molar-refractivity contribution in [1.29, 1.82) is 0 Å².